The zero-order chi connectivity index (χ0) is 15.5. The second kappa shape index (κ2) is 6.12. The van der Waals surface area contributed by atoms with Crippen LogP contribution in [0, 0.1) is 0 Å². The Kier molecular flexibility index (Phi) is 4.98. The minimum atomic E-state index is -4.15. The first-order chi connectivity index (χ1) is 9.15. The minimum absolute atomic E-state index is 0.191. The number of aliphatic hydroxyl groups is 1. The number of hydrogen-bond donors (Lipinski definition) is 3. The first-order valence-electron chi connectivity index (χ1n) is 5.69. The third kappa shape index (κ3) is 3.86. The van der Waals surface area contributed by atoms with Crippen LogP contribution in [0.4, 0.5) is 0 Å². The summed E-state index contributed by atoms with van der Waals surface area (Å²) in [4.78, 5) is 21.9. The number of aliphatic carboxylic acids is 1. The monoisotopic (exact) mass is 301 g/mol. The summed E-state index contributed by atoms with van der Waals surface area (Å²) in [6.45, 7) is 2.45. The highest BCUT2D eigenvalue weighted by atomic mass is 32.2. The van der Waals surface area contributed by atoms with E-state index in [-0.39, 0.29) is 16.2 Å². The van der Waals surface area contributed by atoms with E-state index in [0.717, 1.165) is 13.0 Å². The van der Waals surface area contributed by atoms with Crippen molar-refractivity contribution in [2.24, 2.45) is 0 Å². The smallest absolute Gasteiger partial charge is 0.324 e. The molecule has 0 bridgehead atoms. The van der Waals surface area contributed by atoms with Crippen molar-refractivity contribution in [2.45, 2.75) is 30.9 Å². The number of ketones is 1. The summed E-state index contributed by atoms with van der Waals surface area (Å²) >= 11 is 0. The van der Waals surface area contributed by atoms with Crippen molar-refractivity contribution in [1.29, 1.82) is 0 Å². The summed E-state index contributed by atoms with van der Waals surface area (Å²) in [5.41, 5.74) is 0.191. The van der Waals surface area contributed by atoms with Gasteiger partial charge in [0.1, 0.15) is 6.04 Å². The molecule has 1 aromatic carbocycles. The van der Waals surface area contributed by atoms with Gasteiger partial charge in [-0.25, -0.2) is 8.42 Å². The second-order valence-corrected chi connectivity index (χ2v) is 5.98. The molecule has 1 aromatic rings. The zero-order valence-electron chi connectivity index (χ0n) is 10.9. The number of carboxylic acid groups (broad SMARTS) is 1. The quantitative estimate of drug-likeness (QED) is 0.636. The Morgan fingerprint density at radius 1 is 1.30 bits per heavy atom. The number of hydrogen-bond acceptors (Lipinski definition) is 5. The molecule has 0 heterocycles. The number of carbonyl (C=O) groups is 2. The Balaban J connectivity index is 3.14. The van der Waals surface area contributed by atoms with Crippen LogP contribution in [0.2, 0.25) is 0 Å². The molecule has 110 valence electrons. The first kappa shape index (κ1) is 16.3. The van der Waals surface area contributed by atoms with Crippen LogP contribution >= 0.6 is 0 Å². The van der Waals surface area contributed by atoms with E-state index in [1.165, 1.54) is 25.1 Å². The van der Waals surface area contributed by atoms with E-state index in [9.17, 15) is 23.1 Å². The molecule has 0 aromatic heterocycles. The second-order valence-electron chi connectivity index (χ2n) is 4.26. The van der Waals surface area contributed by atoms with Crippen LogP contribution in [0.5, 0.6) is 0 Å². The Morgan fingerprint density at radius 2 is 1.90 bits per heavy atom. The highest BCUT2D eigenvalue weighted by molar-refractivity contribution is 7.89. The van der Waals surface area contributed by atoms with Gasteiger partial charge in [-0.15, -0.1) is 0 Å². The third-order valence-corrected chi connectivity index (χ3v) is 4.02. The van der Waals surface area contributed by atoms with Gasteiger partial charge in [0.25, 0.3) is 0 Å². The van der Waals surface area contributed by atoms with Gasteiger partial charge in [-0.1, -0.05) is 12.1 Å². The number of Topliss-reactive ketones (excluding diaryl/α,β-unsaturated/α-hetero) is 1. The van der Waals surface area contributed by atoms with E-state index >= 15 is 0 Å². The number of carboxylic acids is 1. The maximum absolute atomic E-state index is 12.0. The fraction of sp³-hybridized carbons (Fsp3) is 0.333. The maximum Gasteiger partial charge on any atom is 0.324 e. The number of nitrogens with one attached hydrogen (secondary N) is 1. The molecule has 0 amide bonds. The van der Waals surface area contributed by atoms with Crippen molar-refractivity contribution in [3.05, 3.63) is 29.8 Å². The fourth-order valence-corrected chi connectivity index (χ4v) is 2.78. The number of aliphatic hydroxyl groups excluding tert-OH is 1. The zero-order valence-corrected chi connectivity index (χ0v) is 11.7. The van der Waals surface area contributed by atoms with Crippen LogP contribution in [0.3, 0.4) is 0 Å². The molecule has 8 heteroatoms. The molecule has 0 aliphatic rings. The van der Waals surface area contributed by atoms with E-state index < -0.39 is 28.1 Å². The molecule has 0 radical (unpaired) electrons. The molecule has 0 aliphatic heterocycles. The van der Waals surface area contributed by atoms with E-state index in [0.29, 0.717) is 0 Å². The minimum Gasteiger partial charge on any atom is -0.480 e. The third-order valence-electron chi connectivity index (χ3n) is 2.58. The van der Waals surface area contributed by atoms with Gasteiger partial charge in [0.15, 0.2) is 5.78 Å². The lowest BCUT2D eigenvalue weighted by Crippen LogP contribution is -2.47. The summed E-state index contributed by atoms with van der Waals surface area (Å²) < 4.78 is 25.9. The van der Waals surface area contributed by atoms with Crippen LogP contribution < -0.4 is 4.72 Å². The molecule has 0 unspecified atom stereocenters. The largest absolute Gasteiger partial charge is 0.480 e. The molecular formula is C12H15NO6S. The predicted molar refractivity (Wildman–Crippen MR) is 69.9 cm³/mol. The molecule has 3 N–H and O–H groups in total. The van der Waals surface area contributed by atoms with Gasteiger partial charge in [0, 0.05) is 5.56 Å². The van der Waals surface area contributed by atoms with Crippen LogP contribution in [-0.2, 0) is 14.8 Å². The Hall–Kier alpha value is -1.77. The van der Waals surface area contributed by atoms with Gasteiger partial charge < -0.3 is 10.2 Å². The predicted octanol–water partition coefficient (Wildman–Crippen LogP) is 0.00150. The van der Waals surface area contributed by atoms with Gasteiger partial charge >= 0.3 is 5.97 Å². The van der Waals surface area contributed by atoms with Gasteiger partial charge in [-0.3, -0.25) is 9.59 Å². The standard InChI is InChI=1S/C12H15NO6S/c1-7(14)9-4-3-5-10(6-9)20(18,19)13-11(8(2)15)12(16)17/h3-6,8,11,13,15H,1-2H3,(H,16,17)/t8-,11+/m1/s1. The SMILES string of the molecule is CC(=O)c1cccc(S(=O)(=O)N[C@H](C(=O)O)[C@@H](C)O)c1. The summed E-state index contributed by atoms with van der Waals surface area (Å²) in [5, 5.41) is 18.1. The fourth-order valence-electron chi connectivity index (χ4n) is 1.47. The van der Waals surface area contributed by atoms with Crippen LogP contribution in [0.15, 0.2) is 29.2 Å². The highest BCUT2D eigenvalue weighted by Crippen LogP contribution is 2.13. The lowest BCUT2D eigenvalue weighted by atomic mass is 10.2. The van der Waals surface area contributed by atoms with Crippen molar-refractivity contribution in [3.63, 3.8) is 0 Å². The highest BCUT2D eigenvalue weighted by Gasteiger charge is 2.29. The lowest BCUT2D eigenvalue weighted by Gasteiger charge is -2.17. The van der Waals surface area contributed by atoms with E-state index in [1.807, 2.05) is 4.72 Å². The summed E-state index contributed by atoms with van der Waals surface area (Å²) in [6.07, 6.45) is -1.40. The van der Waals surface area contributed by atoms with Crippen molar-refractivity contribution in [3.8, 4) is 0 Å². The molecule has 7 nitrogen and oxygen atoms in total. The van der Waals surface area contributed by atoms with Crippen LogP contribution in [0.25, 0.3) is 0 Å². The number of rotatable bonds is 6. The van der Waals surface area contributed by atoms with Gasteiger partial charge in [0.05, 0.1) is 11.0 Å². The van der Waals surface area contributed by atoms with Crippen molar-refractivity contribution < 1.29 is 28.2 Å². The first-order valence-corrected chi connectivity index (χ1v) is 7.17. The normalized spacial score (nSPS) is 14.6. The molecule has 0 saturated heterocycles. The summed E-state index contributed by atoms with van der Waals surface area (Å²) in [6, 6.07) is 3.54. The average molecular weight is 301 g/mol. The molecule has 0 aliphatic carbocycles. The van der Waals surface area contributed by atoms with Crippen molar-refractivity contribution in [1.82, 2.24) is 4.72 Å². The van der Waals surface area contributed by atoms with Gasteiger partial charge in [0.2, 0.25) is 10.0 Å². The topological polar surface area (TPSA) is 121 Å². The number of benzene rings is 1. The Morgan fingerprint density at radius 3 is 2.35 bits per heavy atom. The van der Waals surface area contributed by atoms with E-state index in [2.05, 4.69) is 0 Å². The molecule has 20 heavy (non-hydrogen) atoms. The molecular weight excluding hydrogens is 286 g/mol. The summed E-state index contributed by atoms with van der Waals surface area (Å²) in [7, 11) is -4.15. The molecule has 2 atom stereocenters. The Labute approximate surface area is 116 Å². The van der Waals surface area contributed by atoms with Crippen molar-refractivity contribution in [2.75, 3.05) is 0 Å². The molecule has 0 fully saturated rings. The van der Waals surface area contributed by atoms with Crippen LogP contribution in [-0.4, -0.2) is 42.5 Å². The van der Waals surface area contributed by atoms with Crippen LogP contribution in [0.1, 0.15) is 24.2 Å². The van der Waals surface area contributed by atoms with Gasteiger partial charge in [-0.2, -0.15) is 4.72 Å². The lowest BCUT2D eigenvalue weighted by molar-refractivity contribution is -0.141. The van der Waals surface area contributed by atoms with Crippen molar-refractivity contribution >= 4 is 21.8 Å². The maximum atomic E-state index is 12.0. The summed E-state index contributed by atoms with van der Waals surface area (Å²) in [5.74, 6) is -1.81. The van der Waals surface area contributed by atoms with E-state index in [1.54, 1.807) is 0 Å². The average Bonchev–Trinajstić information content (AvgIpc) is 2.35. The Bertz CT molecular complexity index is 623. The number of carbonyl (C=O) groups excluding carboxylic acids is 1. The molecule has 1 rings (SSSR count). The molecule has 0 spiro atoms. The molecule has 0 saturated carbocycles. The number of sulfonamides is 1. The van der Waals surface area contributed by atoms with E-state index in [4.69, 9.17) is 5.11 Å². The van der Waals surface area contributed by atoms with Gasteiger partial charge in [-0.05, 0) is 26.0 Å².